The van der Waals surface area contributed by atoms with Gasteiger partial charge in [0.2, 0.25) is 0 Å². The molecule has 1 saturated carbocycles. The molecule has 2 rings (SSSR count). The van der Waals surface area contributed by atoms with Crippen LogP contribution in [0, 0.1) is 5.82 Å². The predicted molar refractivity (Wildman–Crippen MR) is 66.5 cm³/mol. The van der Waals surface area contributed by atoms with Crippen LogP contribution in [0.3, 0.4) is 0 Å². The molecular formula is C14H20FNO. The van der Waals surface area contributed by atoms with Gasteiger partial charge in [0.1, 0.15) is 5.82 Å². The molecule has 94 valence electrons. The number of benzene rings is 1. The molecule has 3 heteroatoms. The molecule has 0 radical (unpaired) electrons. The molecule has 2 nitrogen and oxygen atoms in total. The molecule has 1 aliphatic carbocycles. The molecule has 1 aromatic carbocycles. The van der Waals surface area contributed by atoms with Crippen LogP contribution in [0.2, 0.25) is 0 Å². The standard InChI is InChI=1S/C14H20FNO/c1-2-13(9-17)16-14-7-11(8-14)10-3-5-12(15)6-4-10/h3-6,11,13-14,16-17H,2,7-9H2,1H3. The first kappa shape index (κ1) is 12.5. The second kappa shape index (κ2) is 5.61. The summed E-state index contributed by atoms with van der Waals surface area (Å²) in [5.74, 6) is 0.373. The average molecular weight is 237 g/mol. The summed E-state index contributed by atoms with van der Waals surface area (Å²) in [5.41, 5.74) is 1.22. The van der Waals surface area contributed by atoms with E-state index < -0.39 is 0 Å². The van der Waals surface area contributed by atoms with E-state index in [9.17, 15) is 4.39 Å². The Morgan fingerprint density at radius 2 is 2.00 bits per heavy atom. The minimum absolute atomic E-state index is 0.172. The Morgan fingerprint density at radius 3 is 2.53 bits per heavy atom. The summed E-state index contributed by atoms with van der Waals surface area (Å²) in [4.78, 5) is 0. The van der Waals surface area contributed by atoms with E-state index >= 15 is 0 Å². The summed E-state index contributed by atoms with van der Waals surface area (Å²) in [7, 11) is 0. The van der Waals surface area contributed by atoms with Gasteiger partial charge in [-0.25, -0.2) is 4.39 Å². The number of nitrogens with one attached hydrogen (secondary N) is 1. The SMILES string of the molecule is CCC(CO)NC1CC(c2ccc(F)cc2)C1. The molecule has 0 heterocycles. The Labute approximate surface area is 102 Å². The highest BCUT2D eigenvalue weighted by Crippen LogP contribution is 2.37. The van der Waals surface area contributed by atoms with Crippen LogP contribution in [0.25, 0.3) is 0 Å². The Balaban J connectivity index is 1.80. The van der Waals surface area contributed by atoms with Crippen LogP contribution in [0.15, 0.2) is 24.3 Å². The van der Waals surface area contributed by atoms with E-state index in [-0.39, 0.29) is 18.5 Å². The quantitative estimate of drug-likeness (QED) is 0.824. The molecule has 1 aliphatic rings. The van der Waals surface area contributed by atoms with Gasteiger partial charge in [-0.15, -0.1) is 0 Å². The number of halogens is 1. The molecule has 0 amide bonds. The highest BCUT2D eigenvalue weighted by Gasteiger charge is 2.31. The van der Waals surface area contributed by atoms with E-state index in [2.05, 4.69) is 12.2 Å². The summed E-state index contributed by atoms with van der Waals surface area (Å²) in [6.07, 6.45) is 3.12. The van der Waals surface area contributed by atoms with Gasteiger partial charge in [0.15, 0.2) is 0 Å². The molecule has 0 bridgehead atoms. The van der Waals surface area contributed by atoms with Gasteiger partial charge in [-0.1, -0.05) is 19.1 Å². The van der Waals surface area contributed by atoms with Crippen molar-refractivity contribution in [2.75, 3.05) is 6.61 Å². The highest BCUT2D eigenvalue weighted by atomic mass is 19.1. The number of aliphatic hydroxyl groups is 1. The van der Waals surface area contributed by atoms with E-state index in [0.29, 0.717) is 12.0 Å². The molecule has 1 atom stereocenters. The molecule has 2 N–H and O–H groups in total. The van der Waals surface area contributed by atoms with Gasteiger partial charge >= 0.3 is 0 Å². The van der Waals surface area contributed by atoms with Crippen molar-refractivity contribution in [3.05, 3.63) is 35.6 Å². The molecule has 1 aromatic rings. The zero-order valence-corrected chi connectivity index (χ0v) is 10.2. The average Bonchev–Trinajstić information content (AvgIpc) is 2.30. The van der Waals surface area contributed by atoms with E-state index in [1.807, 2.05) is 12.1 Å². The van der Waals surface area contributed by atoms with E-state index in [1.165, 1.54) is 17.7 Å². The van der Waals surface area contributed by atoms with E-state index in [1.54, 1.807) is 0 Å². The van der Waals surface area contributed by atoms with Crippen LogP contribution >= 0.6 is 0 Å². The maximum absolute atomic E-state index is 12.8. The van der Waals surface area contributed by atoms with Crippen molar-refractivity contribution < 1.29 is 9.50 Å². The molecule has 0 aliphatic heterocycles. The van der Waals surface area contributed by atoms with Crippen molar-refractivity contribution >= 4 is 0 Å². The summed E-state index contributed by atoms with van der Waals surface area (Å²) in [6, 6.07) is 7.52. The van der Waals surface area contributed by atoms with Crippen LogP contribution in [0.5, 0.6) is 0 Å². The second-order valence-electron chi connectivity index (χ2n) is 4.87. The molecule has 0 spiro atoms. The van der Waals surface area contributed by atoms with Gasteiger partial charge in [-0.2, -0.15) is 0 Å². The smallest absolute Gasteiger partial charge is 0.123 e. The first-order valence-electron chi connectivity index (χ1n) is 6.35. The molecule has 1 fully saturated rings. The fourth-order valence-electron chi connectivity index (χ4n) is 2.39. The summed E-state index contributed by atoms with van der Waals surface area (Å²) in [5, 5.41) is 12.5. The van der Waals surface area contributed by atoms with Gasteiger partial charge < -0.3 is 10.4 Å². The fourth-order valence-corrected chi connectivity index (χ4v) is 2.39. The van der Waals surface area contributed by atoms with Gasteiger partial charge in [-0.3, -0.25) is 0 Å². The molecule has 1 unspecified atom stereocenters. The van der Waals surface area contributed by atoms with Crippen molar-refractivity contribution in [3.63, 3.8) is 0 Å². The number of rotatable bonds is 5. The Morgan fingerprint density at radius 1 is 1.35 bits per heavy atom. The number of hydrogen-bond acceptors (Lipinski definition) is 2. The van der Waals surface area contributed by atoms with Gasteiger partial charge in [0, 0.05) is 12.1 Å². The lowest BCUT2D eigenvalue weighted by atomic mass is 9.75. The van der Waals surface area contributed by atoms with Crippen molar-refractivity contribution in [1.29, 1.82) is 0 Å². The molecular weight excluding hydrogens is 217 g/mol. The maximum atomic E-state index is 12.8. The minimum Gasteiger partial charge on any atom is -0.395 e. The van der Waals surface area contributed by atoms with Gasteiger partial charge in [-0.05, 0) is 42.9 Å². The summed E-state index contributed by atoms with van der Waals surface area (Å²) >= 11 is 0. The monoisotopic (exact) mass is 237 g/mol. The highest BCUT2D eigenvalue weighted by molar-refractivity contribution is 5.23. The normalized spacial score (nSPS) is 25.4. The van der Waals surface area contributed by atoms with Crippen molar-refractivity contribution in [2.45, 2.75) is 44.2 Å². The van der Waals surface area contributed by atoms with Crippen molar-refractivity contribution in [1.82, 2.24) is 5.32 Å². The largest absolute Gasteiger partial charge is 0.395 e. The van der Waals surface area contributed by atoms with E-state index in [0.717, 1.165) is 19.3 Å². The summed E-state index contributed by atoms with van der Waals surface area (Å²) in [6.45, 7) is 2.28. The van der Waals surface area contributed by atoms with Crippen LogP contribution in [-0.2, 0) is 0 Å². The van der Waals surface area contributed by atoms with Crippen LogP contribution < -0.4 is 5.32 Å². The Hall–Kier alpha value is -0.930. The first-order chi connectivity index (χ1) is 8.22. The van der Waals surface area contributed by atoms with Crippen LogP contribution in [-0.4, -0.2) is 23.8 Å². The zero-order valence-electron chi connectivity index (χ0n) is 10.2. The lowest BCUT2D eigenvalue weighted by molar-refractivity contribution is 0.193. The topological polar surface area (TPSA) is 32.3 Å². The lowest BCUT2D eigenvalue weighted by Gasteiger charge is -2.38. The first-order valence-corrected chi connectivity index (χ1v) is 6.35. The van der Waals surface area contributed by atoms with Crippen LogP contribution in [0.1, 0.15) is 37.7 Å². The number of hydrogen-bond donors (Lipinski definition) is 2. The Bertz CT molecular complexity index is 342. The molecule has 0 saturated heterocycles. The van der Waals surface area contributed by atoms with E-state index in [4.69, 9.17) is 5.11 Å². The van der Waals surface area contributed by atoms with Gasteiger partial charge in [0.05, 0.1) is 6.61 Å². The Kier molecular flexibility index (Phi) is 4.13. The van der Waals surface area contributed by atoms with Crippen molar-refractivity contribution in [3.8, 4) is 0 Å². The molecule has 0 aromatic heterocycles. The maximum Gasteiger partial charge on any atom is 0.123 e. The fraction of sp³-hybridized carbons (Fsp3) is 0.571. The number of aliphatic hydroxyl groups excluding tert-OH is 1. The molecule has 17 heavy (non-hydrogen) atoms. The van der Waals surface area contributed by atoms with Gasteiger partial charge in [0.25, 0.3) is 0 Å². The lowest BCUT2D eigenvalue weighted by Crippen LogP contribution is -2.46. The third-order valence-corrected chi connectivity index (χ3v) is 3.66. The van der Waals surface area contributed by atoms with Crippen molar-refractivity contribution in [2.24, 2.45) is 0 Å². The minimum atomic E-state index is -0.172. The summed E-state index contributed by atoms with van der Waals surface area (Å²) < 4.78 is 12.8. The predicted octanol–water partition coefficient (Wildman–Crippen LogP) is 2.43. The zero-order chi connectivity index (χ0) is 12.3. The van der Waals surface area contributed by atoms with Crippen LogP contribution in [0.4, 0.5) is 4.39 Å². The second-order valence-corrected chi connectivity index (χ2v) is 4.87. The third-order valence-electron chi connectivity index (χ3n) is 3.66. The third kappa shape index (κ3) is 3.05.